The van der Waals surface area contributed by atoms with Crippen LogP contribution in [0.4, 0.5) is 0 Å². The van der Waals surface area contributed by atoms with Crippen molar-refractivity contribution in [1.82, 2.24) is 4.90 Å². The van der Waals surface area contributed by atoms with E-state index in [9.17, 15) is 14.7 Å². The van der Waals surface area contributed by atoms with E-state index in [0.717, 1.165) is 3.57 Å². The number of halogens is 1. The predicted molar refractivity (Wildman–Crippen MR) is 79.0 cm³/mol. The van der Waals surface area contributed by atoms with Gasteiger partial charge in [0.15, 0.2) is 0 Å². The first-order valence-electron chi connectivity index (χ1n) is 5.84. The van der Waals surface area contributed by atoms with Crippen molar-refractivity contribution in [2.45, 2.75) is 13.3 Å². The lowest BCUT2D eigenvalue weighted by Gasteiger charge is -2.21. The Morgan fingerprint density at radius 3 is 2.68 bits per heavy atom. The highest BCUT2D eigenvalue weighted by atomic mass is 127. The molecule has 0 saturated carbocycles. The van der Waals surface area contributed by atoms with Crippen molar-refractivity contribution < 1.29 is 19.4 Å². The van der Waals surface area contributed by atoms with Gasteiger partial charge in [-0.1, -0.05) is 6.92 Å². The molecule has 0 aliphatic carbocycles. The summed E-state index contributed by atoms with van der Waals surface area (Å²) in [6.45, 7) is 2.22. The Balaban J connectivity index is 2.98. The van der Waals surface area contributed by atoms with Crippen LogP contribution in [0.25, 0.3) is 0 Å². The first-order valence-corrected chi connectivity index (χ1v) is 6.92. The number of ether oxygens (including phenoxy) is 1. The highest BCUT2D eigenvalue weighted by molar-refractivity contribution is 14.1. The molecule has 0 unspecified atom stereocenters. The summed E-state index contributed by atoms with van der Waals surface area (Å²) in [6, 6.07) is 4.77. The third-order valence-corrected chi connectivity index (χ3v) is 3.19. The van der Waals surface area contributed by atoms with Gasteiger partial charge in [0.1, 0.15) is 12.3 Å². The van der Waals surface area contributed by atoms with Gasteiger partial charge in [-0.2, -0.15) is 0 Å². The molecule has 0 heterocycles. The molecule has 104 valence electrons. The molecule has 0 atom stereocenters. The number of carbonyl (C=O) groups is 2. The van der Waals surface area contributed by atoms with E-state index in [1.54, 1.807) is 12.1 Å². The van der Waals surface area contributed by atoms with Crippen molar-refractivity contribution in [1.29, 1.82) is 0 Å². The van der Waals surface area contributed by atoms with Crippen molar-refractivity contribution in [2.24, 2.45) is 0 Å². The van der Waals surface area contributed by atoms with Gasteiger partial charge in [-0.05, 0) is 47.2 Å². The van der Waals surface area contributed by atoms with E-state index in [4.69, 9.17) is 0 Å². The second kappa shape index (κ2) is 7.32. The lowest BCUT2D eigenvalue weighted by atomic mass is 10.1. The third kappa shape index (κ3) is 4.38. The van der Waals surface area contributed by atoms with Gasteiger partial charge in [0.25, 0.3) is 5.91 Å². The van der Waals surface area contributed by atoms with Crippen molar-refractivity contribution in [3.63, 3.8) is 0 Å². The second-order valence-corrected chi connectivity index (χ2v) is 5.21. The molecule has 1 aromatic rings. The van der Waals surface area contributed by atoms with Crippen LogP contribution in [0.5, 0.6) is 5.75 Å². The molecule has 6 heteroatoms. The maximum atomic E-state index is 12.3. The minimum absolute atomic E-state index is 0.0867. The first kappa shape index (κ1) is 15.7. The topological polar surface area (TPSA) is 66.8 Å². The number of phenols is 1. The average Bonchev–Trinajstić information content (AvgIpc) is 2.40. The molecule has 0 aromatic heterocycles. The third-order valence-electron chi connectivity index (χ3n) is 2.52. The van der Waals surface area contributed by atoms with Crippen LogP contribution in [0.3, 0.4) is 0 Å². The van der Waals surface area contributed by atoms with Crippen LogP contribution in [-0.2, 0) is 9.53 Å². The van der Waals surface area contributed by atoms with Crippen LogP contribution in [0, 0.1) is 3.57 Å². The summed E-state index contributed by atoms with van der Waals surface area (Å²) in [6.07, 6.45) is 0.716. The average molecular weight is 377 g/mol. The standard InChI is InChI=1S/C13H16INO4/c1-3-6-15(8-12(17)19-2)13(18)10-7-9(14)4-5-11(10)16/h4-5,7,16H,3,6,8H2,1-2H3. The highest BCUT2D eigenvalue weighted by Gasteiger charge is 2.21. The zero-order valence-corrected chi connectivity index (χ0v) is 13.0. The molecule has 1 amide bonds. The maximum Gasteiger partial charge on any atom is 0.325 e. The van der Waals surface area contributed by atoms with E-state index in [0.29, 0.717) is 13.0 Å². The Morgan fingerprint density at radius 2 is 2.11 bits per heavy atom. The minimum atomic E-state index is -0.480. The number of hydrogen-bond acceptors (Lipinski definition) is 4. The van der Waals surface area contributed by atoms with E-state index < -0.39 is 5.97 Å². The molecular weight excluding hydrogens is 361 g/mol. The summed E-state index contributed by atoms with van der Waals surface area (Å²) in [5.41, 5.74) is 0.198. The van der Waals surface area contributed by atoms with E-state index >= 15 is 0 Å². The van der Waals surface area contributed by atoms with Crippen molar-refractivity contribution in [3.8, 4) is 5.75 Å². The monoisotopic (exact) mass is 377 g/mol. The molecule has 0 bridgehead atoms. The number of carbonyl (C=O) groups excluding carboxylic acids is 2. The van der Waals surface area contributed by atoms with E-state index in [1.807, 2.05) is 6.92 Å². The van der Waals surface area contributed by atoms with Crippen molar-refractivity contribution >= 4 is 34.5 Å². The van der Waals surface area contributed by atoms with Crippen molar-refractivity contribution in [3.05, 3.63) is 27.3 Å². The smallest absolute Gasteiger partial charge is 0.325 e. The zero-order chi connectivity index (χ0) is 14.4. The van der Waals surface area contributed by atoms with Crippen molar-refractivity contribution in [2.75, 3.05) is 20.2 Å². The molecule has 0 aliphatic heterocycles. The molecule has 0 saturated heterocycles. The number of amides is 1. The Labute approximate surface area is 125 Å². The molecule has 1 rings (SSSR count). The number of esters is 1. The lowest BCUT2D eigenvalue weighted by Crippen LogP contribution is -2.36. The molecule has 5 nitrogen and oxygen atoms in total. The quantitative estimate of drug-likeness (QED) is 0.630. The minimum Gasteiger partial charge on any atom is -0.507 e. The molecule has 0 spiro atoms. The van der Waals surface area contributed by atoms with E-state index in [1.165, 1.54) is 18.1 Å². The number of phenolic OH excluding ortho intramolecular Hbond substituents is 1. The van der Waals surface area contributed by atoms with Gasteiger partial charge in [0.2, 0.25) is 0 Å². The summed E-state index contributed by atoms with van der Waals surface area (Å²) in [5.74, 6) is -0.938. The van der Waals surface area contributed by atoms with Gasteiger partial charge in [-0.15, -0.1) is 0 Å². The number of aromatic hydroxyl groups is 1. The molecule has 0 fully saturated rings. The predicted octanol–water partition coefficient (Wildman–Crippen LogP) is 2.02. The van der Waals surface area contributed by atoms with Crippen LogP contribution in [-0.4, -0.2) is 42.1 Å². The van der Waals surface area contributed by atoms with Crippen LogP contribution >= 0.6 is 22.6 Å². The van der Waals surface area contributed by atoms with Gasteiger partial charge in [0, 0.05) is 10.1 Å². The Kier molecular flexibility index (Phi) is 6.07. The summed E-state index contributed by atoms with van der Waals surface area (Å²) in [7, 11) is 1.28. The summed E-state index contributed by atoms with van der Waals surface area (Å²) < 4.78 is 5.41. The molecule has 0 aliphatic rings. The SMILES string of the molecule is CCCN(CC(=O)OC)C(=O)c1cc(I)ccc1O. The Morgan fingerprint density at radius 1 is 1.42 bits per heavy atom. The Bertz CT molecular complexity index is 476. The van der Waals surface area contributed by atoms with Crippen LogP contribution in [0.1, 0.15) is 23.7 Å². The molecule has 1 aromatic carbocycles. The van der Waals surface area contributed by atoms with E-state index in [-0.39, 0.29) is 23.8 Å². The van der Waals surface area contributed by atoms with Crippen LogP contribution in [0.15, 0.2) is 18.2 Å². The number of methoxy groups -OCH3 is 1. The van der Waals surface area contributed by atoms with Gasteiger partial charge in [-0.25, -0.2) is 0 Å². The fourth-order valence-electron chi connectivity index (χ4n) is 1.59. The van der Waals surface area contributed by atoms with Gasteiger partial charge in [-0.3, -0.25) is 9.59 Å². The summed E-state index contributed by atoms with van der Waals surface area (Å²) >= 11 is 2.06. The zero-order valence-electron chi connectivity index (χ0n) is 10.9. The number of rotatable bonds is 5. The number of benzene rings is 1. The molecule has 0 radical (unpaired) electrons. The normalized spacial score (nSPS) is 10.1. The van der Waals surface area contributed by atoms with Crippen LogP contribution in [0.2, 0.25) is 0 Å². The molecule has 1 N–H and O–H groups in total. The highest BCUT2D eigenvalue weighted by Crippen LogP contribution is 2.21. The van der Waals surface area contributed by atoms with Gasteiger partial charge >= 0.3 is 5.97 Å². The summed E-state index contributed by atoms with van der Waals surface area (Å²) in [4.78, 5) is 25.0. The van der Waals surface area contributed by atoms with Crippen LogP contribution < -0.4 is 0 Å². The van der Waals surface area contributed by atoms with E-state index in [2.05, 4.69) is 27.3 Å². The Hall–Kier alpha value is -1.31. The molecular formula is C13H16INO4. The second-order valence-electron chi connectivity index (χ2n) is 3.96. The molecule has 19 heavy (non-hydrogen) atoms. The number of hydrogen-bond donors (Lipinski definition) is 1. The largest absolute Gasteiger partial charge is 0.507 e. The van der Waals surface area contributed by atoms with Gasteiger partial charge in [0.05, 0.1) is 12.7 Å². The summed E-state index contributed by atoms with van der Waals surface area (Å²) in [5, 5.41) is 9.75. The maximum absolute atomic E-state index is 12.3. The lowest BCUT2D eigenvalue weighted by molar-refractivity contribution is -0.141. The fourth-order valence-corrected chi connectivity index (χ4v) is 2.08. The fraction of sp³-hybridized carbons (Fsp3) is 0.385. The van der Waals surface area contributed by atoms with Gasteiger partial charge < -0.3 is 14.7 Å². The number of nitrogens with zero attached hydrogens (tertiary/aromatic N) is 1. The first-order chi connectivity index (χ1) is 8.99.